The highest BCUT2D eigenvalue weighted by atomic mass is 16.5. The van der Waals surface area contributed by atoms with E-state index in [2.05, 4.69) is 49.7 Å². The maximum absolute atomic E-state index is 5.62. The van der Waals surface area contributed by atoms with Crippen molar-refractivity contribution in [1.29, 1.82) is 0 Å². The van der Waals surface area contributed by atoms with Crippen molar-refractivity contribution in [2.24, 2.45) is 0 Å². The van der Waals surface area contributed by atoms with Crippen LogP contribution in [0.25, 0.3) is 17.2 Å². The smallest absolute Gasteiger partial charge is 0.230 e. The summed E-state index contributed by atoms with van der Waals surface area (Å²) >= 11 is 0. The van der Waals surface area contributed by atoms with E-state index in [1.165, 1.54) is 5.56 Å². The number of hydrogen-bond donors (Lipinski definition) is 1. The topological polar surface area (TPSA) is 81.1 Å². The molecule has 1 saturated heterocycles. The molecule has 7 heteroatoms. The number of piperidine rings is 1. The molecule has 1 aliphatic heterocycles. The van der Waals surface area contributed by atoms with E-state index in [0.29, 0.717) is 17.8 Å². The van der Waals surface area contributed by atoms with Crippen molar-refractivity contribution in [3.63, 3.8) is 0 Å². The maximum atomic E-state index is 5.62. The lowest BCUT2D eigenvalue weighted by Gasteiger charge is -2.28. The van der Waals surface area contributed by atoms with E-state index in [1.807, 2.05) is 16.7 Å². The maximum Gasteiger partial charge on any atom is 0.230 e. The van der Waals surface area contributed by atoms with E-state index in [1.54, 1.807) is 18.6 Å². The van der Waals surface area contributed by atoms with Crippen LogP contribution in [0.15, 0.2) is 59.6 Å². The van der Waals surface area contributed by atoms with Crippen LogP contribution in [0.4, 0.5) is 0 Å². The van der Waals surface area contributed by atoms with Crippen LogP contribution in [0.1, 0.15) is 36.3 Å². The Morgan fingerprint density at radius 3 is 3.00 bits per heavy atom. The fourth-order valence-corrected chi connectivity index (χ4v) is 3.59. The molecule has 0 unspecified atom stereocenters. The molecule has 7 nitrogen and oxygen atoms in total. The zero-order valence-electron chi connectivity index (χ0n) is 14.1. The molecule has 1 aliphatic rings. The lowest BCUT2D eigenvalue weighted by molar-refractivity contribution is 0.290. The van der Waals surface area contributed by atoms with Gasteiger partial charge in [0.05, 0.1) is 12.4 Å². The Labute approximate surface area is 150 Å². The lowest BCUT2D eigenvalue weighted by atomic mass is 9.89. The first kappa shape index (κ1) is 15.2. The SMILES string of the molecule is c1ccc([C@H]2C[C@@H](c3nc(-c4cnc5cnccn45)no3)CCN2)cc1. The van der Waals surface area contributed by atoms with Crippen molar-refractivity contribution in [1.82, 2.24) is 29.8 Å². The fraction of sp³-hybridized carbons (Fsp3) is 0.263. The molecule has 4 aromatic rings. The molecule has 1 fully saturated rings. The van der Waals surface area contributed by atoms with Crippen LogP contribution in [-0.2, 0) is 0 Å². The highest BCUT2D eigenvalue weighted by Crippen LogP contribution is 2.34. The van der Waals surface area contributed by atoms with Crippen molar-refractivity contribution < 1.29 is 4.52 Å². The van der Waals surface area contributed by atoms with Crippen LogP contribution >= 0.6 is 0 Å². The summed E-state index contributed by atoms with van der Waals surface area (Å²) in [7, 11) is 0. The number of hydrogen-bond acceptors (Lipinski definition) is 6. The van der Waals surface area contributed by atoms with E-state index in [9.17, 15) is 0 Å². The second-order valence-electron chi connectivity index (χ2n) is 6.54. The Balaban J connectivity index is 1.41. The van der Waals surface area contributed by atoms with Crippen molar-refractivity contribution in [3.05, 3.63) is 66.6 Å². The molecular formula is C19H18N6O. The molecular weight excluding hydrogens is 328 g/mol. The number of rotatable bonds is 3. The quantitative estimate of drug-likeness (QED) is 0.614. The Morgan fingerprint density at radius 2 is 2.08 bits per heavy atom. The molecule has 4 heterocycles. The molecule has 0 radical (unpaired) electrons. The van der Waals surface area contributed by atoms with Gasteiger partial charge >= 0.3 is 0 Å². The van der Waals surface area contributed by atoms with Crippen molar-refractivity contribution in [2.45, 2.75) is 24.8 Å². The zero-order chi connectivity index (χ0) is 17.3. The number of nitrogens with one attached hydrogen (secondary N) is 1. The van der Waals surface area contributed by atoms with Gasteiger partial charge in [0.1, 0.15) is 5.69 Å². The van der Waals surface area contributed by atoms with Gasteiger partial charge in [-0.3, -0.25) is 9.38 Å². The summed E-state index contributed by atoms with van der Waals surface area (Å²) in [6.07, 6.45) is 8.97. The molecule has 0 amide bonds. The van der Waals surface area contributed by atoms with Crippen LogP contribution < -0.4 is 5.32 Å². The van der Waals surface area contributed by atoms with Crippen LogP contribution in [-0.4, -0.2) is 31.1 Å². The molecule has 3 aromatic heterocycles. The number of nitrogens with zero attached hydrogens (tertiary/aromatic N) is 5. The molecule has 0 spiro atoms. The van der Waals surface area contributed by atoms with Gasteiger partial charge in [0, 0.05) is 24.4 Å². The minimum Gasteiger partial charge on any atom is -0.339 e. The van der Waals surface area contributed by atoms with E-state index >= 15 is 0 Å². The first-order valence-corrected chi connectivity index (χ1v) is 8.78. The summed E-state index contributed by atoms with van der Waals surface area (Å²) in [4.78, 5) is 13.1. The van der Waals surface area contributed by atoms with Crippen LogP contribution in [0.2, 0.25) is 0 Å². The van der Waals surface area contributed by atoms with Gasteiger partial charge in [0.25, 0.3) is 0 Å². The minimum absolute atomic E-state index is 0.253. The molecule has 130 valence electrons. The Bertz CT molecular complexity index is 1020. The monoisotopic (exact) mass is 346 g/mol. The van der Waals surface area contributed by atoms with E-state index in [4.69, 9.17) is 4.52 Å². The van der Waals surface area contributed by atoms with Crippen molar-refractivity contribution >= 4 is 5.65 Å². The number of fused-ring (bicyclic) bond motifs is 1. The predicted octanol–water partition coefficient (Wildman–Crippen LogP) is 2.99. The molecule has 0 aliphatic carbocycles. The Kier molecular flexibility index (Phi) is 3.71. The van der Waals surface area contributed by atoms with E-state index < -0.39 is 0 Å². The van der Waals surface area contributed by atoms with E-state index in [0.717, 1.165) is 30.7 Å². The third-order valence-electron chi connectivity index (χ3n) is 4.94. The van der Waals surface area contributed by atoms with Gasteiger partial charge < -0.3 is 9.84 Å². The molecule has 5 rings (SSSR count). The fourth-order valence-electron chi connectivity index (χ4n) is 3.59. The second-order valence-corrected chi connectivity index (χ2v) is 6.54. The average Bonchev–Trinajstić information content (AvgIpc) is 3.36. The number of aromatic nitrogens is 5. The van der Waals surface area contributed by atoms with Gasteiger partial charge in [0.15, 0.2) is 5.65 Å². The van der Waals surface area contributed by atoms with Gasteiger partial charge in [-0.25, -0.2) is 4.98 Å². The summed E-state index contributed by atoms with van der Waals surface area (Å²) in [6.45, 7) is 0.934. The van der Waals surface area contributed by atoms with Crippen LogP contribution in [0.3, 0.4) is 0 Å². The van der Waals surface area contributed by atoms with Gasteiger partial charge in [-0.1, -0.05) is 35.5 Å². The van der Waals surface area contributed by atoms with Gasteiger partial charge in [-0.05, 0) is 24.9 Å². The first-order chi connectivity index (χ1) is 12.9. The summed E-state index contributed by atoms with van der Waals surface area (Å²) in [5.41, 5.74) is 2.87. The summed E-state index contributed by atoms with van der Waals surface area (Å²) in [6, 6.07) is 10.8. The Morgan fingerprint density at radius 1 is 1.15 bits per heavy atom. The molecule has 26 heavy (non-hydrogen) atoms. The third-order valence-corrected chi connectivity index (χ3v) is 4.94. The zero-order valence-corrected chi connectivity index (χ0v) is 14.1. The van der Waals surface area contributed by atoms with Gasteiger partial charge in [-0.2, -0.15) is 4.98 Å². The van der Waals surface area contributed by atoms with Crippen LogP contribution in [0, 0.1) is 0 Å². The van der Waals surface area contributed by atoms with Crippen LogP contribution in [0.5, 0.6) is 0 Å². The second kappa shape index (κ2) is 6.34. The summed E-state index contributed by atoms with van der Waals surface area (Å²) in [5, 5.41) is 7.78. The number of benzene rings is 1. The molecule has 0 saturated carbocycles. The lowest BCUT2D eigenvalue weighted by Crippen LogP contribution is -2.31. The number of imidazole rings is 1. The van der Waals surface area contributed by atoms with E-state index in [-0.39, 0.29) is 5.92 Å². The molecule has 0 bridgehead atoms. The minimum atomic E-state index is 0.253. The molecule has 1 N–H and O–H groups in total. The summed E-state index contributed by atoms with van der Waals surface area (Å²) < 4.78 is 7.53. The first-order valence-electron chi connectivity index (χ1n) is 8.78. The van der Waals surface area contributed by atoms with Crippen molar-refractivity contribution in [2.75, 3.05) is 6.54 Å². The van der Waals surface area contributed by atoms with Gasteiger partial charge in [0.2, 0.25) is 11.7 Å². The highest BCUT2D eigenvalue weighted by Gasteiger charge is 2.28. The normalized spacial score (nSPS) is 20.5. The Hall–Kier alpha value is -3.06. The molecule has 1 aromatic carbocycles. The molecule has 2 atom stereocenters. The predicted molar refractivity (Wildman–Crippen MR) is 95.4 cm³/mol. The standard InChI is InChI=1S/C19H18N6O/c1-2-4-13(5-3-1)15-10-14(6-7-21-15)19-23-18(24-26-19)16-11-22-17-12-20-8-9-25(16)17/h1-5,8-9,11-12,14-15,21H,6-7,10H2/t14-,15+/m0/s1. The largest absolute Gasteiger partial charge is 0.339 e. The average molecular weight is 346 g/mol. The highest BCUT2D eigenvalue weighted by molar-refractivity contribution is 5.55. The van der Waals surface area contributed by atoms with Gasteiger partial charge in [-0.15, -0.1) is 0 Å². The third kappa shape index (κ3) is 2.66. The van der Waals surface area contributed by atoms with Crippen molar-refractivity contribution in [3.8, 4) is 11.5 Å². The summed E-state index contributed by atoms with van der Waals surface area (Å²) in [5.74, 6) is 1.52.